The Morgan fingerprint density at radius 1 is 1.32 bits per heavy atom. The Kier molecular flexibility index (Phi) is 4.53. The Morgan fingerprint density at radius 2 is 2.23 bits per heavy atom. The van der Waals surface area contributed by atoms with E-state index in [1.165, 1.54) is 11.8 Å². The molecule has 1 aromatic heterocycles. The van der Waals surface area contributed by atoms with Crippen LogP contribution in [0.25, 0.3) is 0 Å². The van der Waals surface area contributed by atoms with Crippen LogP contribution in [-0.4, -0.2) is 29.0 Å². The molecule has 1 amide bonds. The summed E-state index contributed by atoms with van der Waals surface area (Å²) in [4.78, 5) is 22.3. The monoisotopic (exact) mass is 316 g/mol. The maximum absolute atomic E-state index is 12.2. The van der Waals surface area contributed by atoms with E-state index in [-0.39, 0.29) is 5.91 Å². The summed E-state index contributed by atoms with van der Waals surface area (Å²) in [6.45, 7) is 1.16. The molecule has 114 valence electrons. The van der Waals surface area contributed by atoms with Crippen molar-refractivity contribution < 1.29 is 4.79 Å². The molecule has 22 heavy (non-hydrogen) atoms. The number of halogens is 1. The zero-order chi connectivity index (χ0) is 15.4. The Hall–Kier alpha value is -2.14. The molecule has 5 nitrogen and oxygen atoms in total. The number of carbonyl (C=O) groups excluding carboxylic acids is 1. The van der Waals surface area contributed by atoms with Gasteiger partial charge in [-0.15, -0.1) is 0 Å². The third-order valence-corrected chi connectivity index (χ3v) is 3.91. The van der Waals surface area contributed by atoms with E-state index in [1.54, 1.807) is 12.4 Å². The molecular formula is C16H17ClN4O. The van der Waals surface area contributed by atoms with Gasteiger partial charge in [0, 0.05) is 29.6 Å². The summed E-state index contributed by atoms with van der Waals surface area (Å²) < 4.78 is 0. The second-order valence-corrected chi connectivity index (χ2v) is 5.73. The second-order valence-electron chi connectivity index (χ2n) is 5.29. The Bertz CT molecular complexity index is 662. The van der Waals surface area contributed by atoms with Gasteiger partial charge in [0.25, 0.3) is 0 Å². The maximum atomic E-state index is 12.2. The largest absolute Gasteiger partial charge is 0.362 e. The molecule has 3 rings (SSSR count). The number of nitrogens with one attached hydrogen (secondary N) is 1. The third kappa shape index (κ3) is 3.54. The Labute approximate surface area is 134 Å². The number of benzene rings is 1. The molecule has 0 aliphatic carbocycles. The van der Waals surface area contributed by atoms with Crippen molar-refractivity contribution in [2.24, 2.45) is 0 Å². The van der Waals surface area contributed by atoms with Crippen molar-refractivity contribution in [3.8, 4) is 0 Å². The van der Waals surface area contributed by atoms with E-state index in [4.69, 9.17) is 11.6 Å². The van der Waals surface area contributed by atoms with Crippen LogP contribution in [0.15, 0.2) is 36.8 Å². The number of hydrogen-bond donors (Lipinski definition) is 1. The van der Waals surface area contributed by atoms with Gasteiger partial charge >= 0.3 is 0 Å². The summed E-state index contributed by atoms with van der Waals surface area (Å²) >= 11 is 6.08. The minimum Gasteiger partial charge on any atom is -0.362 e. The van der Waals surface area contributed by atoms with Gasteiger partial charge in [0.1, 0.15) is 0 Å². The molecule has 0 atom stereocenters. The van der Waals surface area contributed by atoms with Crippen molar-refractivity contribution in [2.45, 2.75) is 19.3 Å². The number of amides is 1. The first kappa shape index (κ1) is 14.8. The molecule has 6 heteroatoms. The van der Waals surface area contributed by atoms with Gasteiger partial charge in [0.15, 0.2) is 5.82 Å². The summed E-state index contributed by atoms with van der Waals surface area (Å²) in [5, 5.41) is 3.51. The van der Waals surface area contributed by atoms with Crippen molar-refractivity contribution >= 4 is 29.0 Å². The normalized spacial score (nSPS) is 14.1. The first-order valence-electron chi connectivity index (χ1n) is 7.31. The molecule has 2 heterocycles. The lowest BCUT2D eigenvalue weighted by Gasteiger charge is -2.24. The average molecular weight is 317 g/mol. The molecular weight excluding hydrogens is 300 g/mol. The van der Waals surface area contributed by atoms with Crippen LogP contribution in [0, 0.1) is 0 Å². The highest BCUT2D eigenvalue weighted by atomic mass is 35.5. The van der Waals surface area contributed by atoms with E-state index in [2.05, 4.69) is 20.2 Å². The molecule has 1 aliphatic rings. The van der Waals surface area contributed by atoms with Crippen LogP contribution in [0.2, 0.25) is 5.02 Å². The molecule has 0 unspecified atom stereocenters. The molecule has 1 N–H and O–H groups in total. The minimum absolute atomic E-state index is 0.0942. The lowest BCUT2D eigenvalue weighted by atomic mass is 10.1. The van der Waals surface area contributed by atoms with Gasteiger partial charge in [-0.2, -0.15) is 0 Å². The van der Waals surface area contributed by atoms with Crippen LogP contribution in [0.5, 0.6) is 0 Å². The molecule has 1 aliphatic heterocycles. The lowest BCUT2D eigenvalue weighted by molar-refractivity contribution is -0.115. The highest BCUT2D eigenvalue weighted by molar-refractivity contribution is 6.30. The summed E-state index contributed by atoms with van der Waals surface area (Å²) in [7, 11) is 0. The quantitative estimate of drug-likeness (QED) is 0.946. The van der Waals surface area contributed by atoms with Gasteiger partial charge in [0.2, 0.25) is 5.91 Å². The van der Waals surface area contributed by atoms with E-state index >= 15 is 0 Å². The van der Waals surface area contributed by atoms with Crippen LogP contribution in [0.4, 0.5) is 11.5 Å². The first-order chi connectivity index (χ1) is 10.7. The molecule has 0 saturated heterocycles. The van der Waals surface area contributed by atoms with Gasteiger partial charge in [-0.1, -0.05) is 11.6 Å². The standard InChI is InChI=1S/C16H17ClN4O/c17-13-4-5-14-12(9-13)3-1-2-8-21(14)11-16(22)20-15-10-18-6-7-19-15/h4-7,9-10H,1-3,8,11H2,(H,19,20,22). The number of anilines is 2. The number of aryl methyl sites for hydroxylation is 1. The number of nitrogens with zero attached hydrogens (tertiary/aromatic N) is 3. The lowest BCUT2D eigenvalue weighted by Crippen LogP contribution is -2.34. The van der Waals surface area contributed by atoms with Gasteiger partial charge < -0.3 is 10.2 Å². The van der Waals surface area contributed by atoms with Crippen molar-refractivity contribution in [3.05, 3.63) is 47.4 Å². The van der Waals surface area contributed by atoms with Crippen LogP contribution in [-0.2, 0) is 11.2 Å². The molecule has 2 aromatic rings. The fourth-order valence-corrected chi connectivity index (χ4v) is 2.88. The number of hydrogen-bond acceptors (Lipinski definition) is 4. The molecule has 0 bridgehead atoms. The molecule has 0 saturated carbocycles. The second kappa shape index (κ2) is 6.75. The predicted molar refractivity (Wildman–Crippen MR) is 87.3 cm³/mol. The number of rotatable bonds is 3. The zero-order valence-electron chi connectivity index (χ0n) is 12.1. The molecule has 0 fully saturated rings. The van der Waals surface area contributed by atoms with E-state index in [9.17, 15) is 4.79 Å². The van der Waals surface area contributed by atoms with E-state index in [0.717, 1.165) is 36.5 Å². The third-order valence-electron chi connectivity index (χ3n) is 3.67. The van der Waals surface area contributed by atoms with Crippen molar-refractivity contribution in [2.75, 3.05) is 23.3 Å². The summed E-state index contributed by atoms with van der Waals surface area (Å²) in [5.41, 5.74) is 2.30. The van der Waals surface area contributed by atoms with Gasteiger partial charge in [-0.25, -0.2) is 4.98 Å². The van der Waals surface area contributed by atoms with Gasteiger partial charge in [-0.3, -0.25) is 9.78 Å². The van der Waals surface area contributed by atoms with Crippen LogP contribution in [0.1, 0.15) is 18.4 Å². The Balaban J connectivity index is 1.73. The average Bonchev–Trinajstić information content (AvgIpc) is 2.70. The van der Waals surface area contributed by atoms with E-state index < -0.39 is 0 Å². The Morgan fingerprint density at radius 3 is 3.05 bits per heavy atom. The van der Waals surface area contributed by atoms with Gasteiger partial charge in [-0.05, 0) is 43.0 Å². The summed E-state index contributed by atoms with van der Waals surface area (Å²) in [6, 6.07) is 5.87. The predicted octanol–water partition coefficient (Wildman–Crippen LogP) is 2.91. The van der Waals surface area contributed by atoms with E-state index in [1.807, 2.05) is 18.2 Å². The maximum Gasteiger partial charge on any atom is 0.245 e. The smallest absolute Gasteiger partial charge is 0.245 e. The van der Waals surface area contributed by atoms with Crippen LogP contribution in [0.3, 0.4) is 0 Å². The highest BCUT2D eigenvalue weighted by Gasteiger charge is 2.18. The SMILES string of the molecule is O=C(CN1CCCCc2cc(Cl)ccc21)Nc1cnccn1. The first-order valence-corrected chi connectivity index (χ1v) is 7.69. The fourth-order valence-electron chi connectivity index (χ4n) is 2.68. The van der Waals surface area contributed by atoms with Crippen molar-refractivity contribution in [1.29, 1.82) is 0 Å². The highest BCUT2D eigenvalue weighted by Crippen LogP contribution is 2.28. The molecule has 0 spiro atoms. The topological polar surface area (TPSA) is 58.1 Å². The summed E-state index contributed by atoms with van der Waals surface area (Å²) in [5.74, 6) is 0.377. The van der Waals surface area contributed by atoms with Crippen LogP contribution < -0.4 is 10.2 Å². The minimum atomic E-state index is -0.0942. The molecule has 1 aromatic carbocycles. The van der Waals surface area contributed by atoms with E-state index in [0.29, 0.717) is 12.4 Å². The number of aromatic nitrogens is 2. The fraction of sp³-hybridized carbons (Fsp3) is 0.312. The zero-order valence-corrected chi connectivity index (χ0v) is 12.9. The number of fused-ring (bicyclic) bond motifs is 1. The van der Waals surface area contributed by atoms with Crippen molar-refractivity contribution in [3.63, 3.8) is 0 Å². The molecule has 0 radical (unpaired) electrons. The summed E-state index contributed by atoms with van der Waals surface area (Å²) in [6.07, 6.45) is 7.83. The van der Waals surface area contributed by atoms with Crippen molar-refractivity contribution in [1.82, 2.24) is 9.97 Å². The van der Waals surface area contributed by atoms with Gasteiger partial charge in [0.05, 0.1) is 12.7 Å². The number of carbonyl (C=O) groups is 1. The van der Waals surface area contributed by atoms with Crippen LogP contribution >= 0.6 is 11.6 Å².